The summed E-state index contributed by atoms with van der Waals surface area (Å²) in [5.41, 5.74) is 0.296. The number of benzene rings is 2. The molecule has 1 aliphatic heterocycles. The first-order valence-corrected chi connectivity index (χ1v) is 17.1. The summed E-state index contributed by atoms with van der Waals surface area (Å²) in [6, 6.07) is 14.5. The topological polar surface area (TPSA) is 171 Å². The number of rotatable bonds is 13. The molecule has 0 radical (unpaired) electrons. The number of ether oxygens (including phenoxy) is 2. The fourth-order valence-corrected chi connectivity index (χ4v) is 6.42. The summed E-state index contributed by atoms with van der Waals surface area (Å²) in [6.07, 6.45) is 1.22. The highest BCUT2D eigenvalue weighted by atomic mass is 16.5. The van der Waals surface area contributed by atoms with Crippen LogP contribution in [0, 0.1) is 11.3 Å². The van der Waals surface area contributed by atoms with Gasteiger partial charge in [-0.1, -0.05) is 57.2 Å². The highest BCUT2D eigenvalue weighted by molar-refractivity contribution is 5.95. The van der Waals surface area contributed by atoms with Gasteiger partial charge in [-0.15, -0.1) is 6.58 Å². The van der Waals surface area contributed by atoms with Crippen LogP contribution in [0.3, 0.4) is 0 Å². The number of carboxylic acid groups (broad SMARTS) is 1. The van der Waals surface area contributed by atoms with Crippen molar-refractivity contribution in [1.82, 2.24) is 31.2 Å². The van der Waals surface area contributed by atoms with Crippen molar-refractivity contribution in [2.75, 3.05) is 27.2 Å². The van der Waals surface area contributed by atoms with E-state index in [-0.39, 0.29) is 31.8 Å². The Bertz CT molecular complexity index is 1790. The third-order valence-electron chi connectivity index (χ3n) is 9.81. The van der Waals surface area contributed by atoms with Crippen molar-refractivity contribution in [2.24, 2.45) is 11.3 Å². The summed E-state index contributed by atoms with van der Waals surface area (Å²) < 4.78 is 12.1. The van der Waals surface area contributed by atoms with Gasteiger partial charge in [-0.2, -0.15) is 0 Å². The number of urea groups is 1. The number of hydrogen-bond donors (Lipinski definition) is 5. The normalized spacial score (nSPS) is 22.4. The van der Waals surface area contributed by atoms with Gasteiger partial charge in [0.2, 0.25) is 11.8 Å². The number of nitrogens with zero attached hydrogens (tertiary/aromatic N) is 2. The monoisotopic (exact) mass is 700 g/mol. The molecule has 6 atom stereocenters. The molecule has 1 aromatic heterocycles. The van der Waals surface area contributed by atoms with E-state index in [0.717, 1.165) is 10.9 Å². The lowest BCUT2D eigenvalue weighted by Crippen LogP contribution is -2.58. The van der Waals surface area contributed by atoms with Crippen LogP contribution in [-0.2, 0) is 14.4 Å². The maximum absolute atomic E-state index is 14.1. The quantitative estimate of drug-likeness (QED) is 0.167. The molecule has 5 rings (SSSR count). The molecule has 2 aliphatic rings. The fraction of sp³-hybridized carbons (Fsp3) is 0.447. The van der Waals surface area contributed by atoms with Crippen molar-refractivity contribution in [3.05, 3.63) is 67.3 Å². The molecular formula is C38H48N6O7. The molecule has 0 spiro atoms. The van der Waals surface area contributed by atoms with Crippen LogP contribution in [0.15, 0.2) is 67.3 Å². The highest BCUT2D eigenvalue weighted by Crippen LogP contribution is 2.45. The van der Waals surface area contributed by atoms with Crippen LogP contribution in [0.4, 0.5) is 4.79 Å². The summed E-state index contributed by atoms with van der Waals surface area (Å²) in [7, 11) is 3.14. The molecule has 13 nitrogen and oxygen atoms in total. The van der Waals surface area contributed by atoms with Crippen LogP contribution in [0.25, 0.3) is 22.2 Å². The number of methoxy groups -OCH3 is 1. The number of nitrogens with one attached hydrogen (secondary N) is 4. The van der Waals surface area contributed by atoms with Gasteiger partial charge >= 0.3 is 12.0 Å². The van der Waals surface area contributed by atoms with Gasteiger partial charge < -0.3 is 40.7 Å². The molecule has 5 N–H and O–H groups in total. The van der Waals surface area contributed by atoms with E-state index in [1.807, 2.05) is 75.4 Å². The van der Waals surface area contributed by atoms with Crippen LogP contribution < -0.4 is 30.7 Å². The van der Waals surface area contributed by atoms with Crippen LogP contribution in [0.1, 0.15) is 40.5 Å². The third kappa shape index (κ3) is 8.09. The highest BCUT2D eigenvalue weighted by Gasteiger charge is 2.61. The van der Waals surface area contributed by atoms with Crippen molar-refractivity contribution >= 4 is 34.7 Å². The molecule has 1 saturated carbocycles. The molecule has 2 aromatic carbocycles. The lowest BCUT2D eigenvalue weighted by Gasteiger charge is -2.35. The molecule has 1 aliphatic carbocycles. The van der Waals surface area contributed by atoms with Gasteiger partial charge in [0.05, 0.1) is 30.9 Å². The molecule has 3 aromatic rings. The number of pyridine rings is 1. The first-order valence-electron chi connectivity index (χ1n) is 17.1. The second kappa shape index (κ2) is 15.0. The van der Waals surface area contributed by atoms with Gasteiger partial charge in [-0.3, -0.25) is 9.59 Å². The fourth-order valence-electron chi connectivity index (χ4n) is 6.42. The Kier molecular flexibility index (Phi) is 10.9. The smallest absolute Gasteiger partial charge is 0.330 e. The second-order valence-corrected chi connectivity index (χ2v) is 14.3. The molecule has 2 fully saturated rings. The van der Waals surface area contributed by atoms with Crippen LogP contribution >= 0.6 is 0 Å². The summed E-state index contributed by atoms with van der Waals surface area (Å²) >= 11 is 0. The average Bonchev–Trinajstić information content (AvgIpc) is 3.67. The Balaban J connectivity index is 1.45. The van der Waals surface area contributed by atoms with E-state index >= 15 is 0 Å². The molecule has 1 saturated heterocycles. The summed E-state index contributed by atoms with van der Waals surface area (Å²) in [4.78, 5) is 58.8. The van der Waals surface area contributed by atoms with Crippen molar-refractivity contribution in [1.29, 1.82) is 0 Å². The first-order chi connectivity index (χ1) is 24.2. The Labute approximate surface area is 298 Å². The number of aromatic nitrogens is 1. The van der Waals surface area contributed by atoms with E-state index in [2.05, 4.69) is 27.8 Å². The van der Waals surface area contributed by atoms with E-state index in [1.54, 1.807) is 21.1 Å². The summed E-state index contributed by atoms with van der Waals surface area (Å²) in [5.74, 6) is -1.21. The number of aliphatic carboxylic acids is 1. The molecular weight excluding hydrogens is 652 g/mol. The van der Waals surface area contributed by atoms with E-state index in [4.69, 9.17) is 14.5 Å². The maximum Gasteiger partial charge on any atom is 0.330 e. The van der Waals surface area contributed by atoms with Gasteiger partial charge in [0.15, 0.2) is 0 Å². The zero-order valence-electron chi connectivity index (χ0n) is 30.0. The van der Waals surface area contributed by atoms with Gasteiger partial charge in [-0.25, -0.2) is 14.6 Å². The lowest BCUT2D eigenvalue weighted by molar-refractivity contribution is -0.144. The number of carbonyl (C=O) groups is 4. The largest absolute Gasteiger partial charge is 0.497 e. The van der Waals surface area contributed by atoms with Crippen LogP contribution in [0.2, 0.25) is 0 Å². The van der Waals surface area contributed by atoms with Gasteiger partial charge in [0.1, 0.15) is 29.2 Å². The van der Waals surface area contributed by atoms with Crippen LogP contribution in [0.5, 0.6) is 11.5 Å². The number of carbonyl (C=O) groups excluding carboxylic acids is 3. The first kappa shape index (κ1) is 37.1. The summed E-state index contributed by atoms with van der Waals surface area (Å²) in [6.45, 7) is 11.7. The number of amides is 4. The molecule has 4 amide bonds. The number of hydrogen-bond acceptors (Lipinski definition) is 8. The average molecular weight is 701 g/mol. The standard InChI is InChI=1S/C38H48N6O7/c1-8-24-19-38(24,35(47)48)43-34(46)30-17-26(21-44(30)36(49)42-32(37(3,4)5)20-40-22(2)33(45)39-6)51-31-18-28(23-12-10-9-11-13-23)41-29-16-25(50-7)14-15-27(29)31/h8-16,18,22,24,26,30,32,40H,1,17,19-21H2,2-7H3,(H,39,45)(H,42,49)(H,43,46)(H,47,48)/t22-,24+,26+,30-,32+,38+/m0/s1. The molecule has 51 heavy (non-hydrogen) atoms. The van der Waals surface area contributed by atoms with Gasteiger partial charge in [-0.05, 0) is 30.9 Å². The van der Waals surface area contributed by atoms with Crippen molar-refractivity contribution < 1.29 is 33.8 Å². The second-order valence-electron chi connectivity index (χ2n) is 14.3. The maximum atomic E-state index is 14.1. The minimum absolute atomic E-state index is 0.0501. The predicted molar refractivity (Wildman–Crippen MR) is 193 cm³/mol. The van der Waals surface area contributed by atoms with E-state index in [1.165, 1.54) is 11.0 Å². The number of fused-ring (bicyclic) bond motifs is 1. The molecule has 0 bridgehead atoms. The Morgan fingerprint density at radius 1 is 1.14 bits per heavy atom. The van der Waals surface area contributed by atoms with Crippen molar-refractivity contribution in [3.8, 4) is 22.8 Å². The van der Waals surface area contributed by atoms with Crippen molar-refractivity contribution in [2.45, 2.75) is 70.3 Å². The van der Waals surface area contributed by atoms with Crippen molar-refractivity contribution in [3.63, 3.8) is 0 Å². The molecule has 0 unspecified atom stereocenters. The minimum Gasteiger partial charge on any atom is -0.497 e. The number of likely N-dealkylation sites (N-methyl/N-ethyl adjacent to an activating group) is 1. The van der Waals surface area contributed by atoms with Gasteiger partial charge in [0, 0.05) is 55.1 Å². The zero-order chi connectivity index (χ0) is 37.1. The van der Waals surface area contributed by atoms with Crippen LogP contribution in [-0.4, -0.2) is 95.8 Å². The third-order valence-corrected chi connectivity index (χ3v) is 9.81. The Morgan fingerprint density at radius 3 is 2.47 bits per heavy atom. The molecule has 272 valence electrons. The van der Waals surface area contributed by atoms with E-state index < -0.39 is 59.0 Å². The van der Waals surface area contributed by atoms with E-state index in [9.17, 15) is 24.3 Å². The predicted octanol–water partition coefficient (Wildman–Crippen LogP) is 3.73. The zero-order valence-corrected chi connectivity index (χ0v) is 30.0. The number of likely N-dealkylation sites (tertiary alicyclic amines) is 1. The lowest BCUT2D eigenvalue weighted by atomic mass is 9.86. The SMILES string of the molecule is C=C[C@@H]1C[C@]1(NC(=O)[C@@H]1C[C@@H](Oc2cc(-c3ccccc3)nc3cc(OC)ccc23)CN1C(=O)N[C@H](CN[C@@H](C)C(=O)NC)C(C)(C)C)C(=O)O. The van der Waals surface area contributed by atoms with E-state index in [0.29, 0.717) is 22.7 Å². The summed E-state index contributed by atoms with van der Waals surface area (Å²) in [5, 5.41) is 22.3. The Morgan fingerprint density at radius 2 is 1.86 bits per heavy atom. The molecule has 13 heteroatoms. The number of carboxylic acids is 1. The molecule has 2 heterocycles. The Hall–Kier alpha value is -5.17. The minimum atomic E-state index is -1.47. The van der Waals surface area contributed by atoms with Gasteiger partial charge in [0.25, 0.3) is 0 Å².